The second-order valence-electron chi connectivity index (χ2n) is 8.01. The number of benzene rings is 2. The number of nitrogens with zero attached hydrogens (tertiary/aromatic N) is 4. The van der Waals surface area contributed by atoms with Gasteiger partial charge in [0.2, 0.25) is 0 Å². The first-order chi connectivity index (χ1) is 16.0. The van der Waals surface area contributed by atoms with Crippen LogP contribution in [0.4, 0.5) is 0 Å². The molecule has 0 atom stereocenters. The lowest BCUT2D eigenvalue weighted by Crippen LogP contribution is -2.22. The van der Waals surface area contributed by atoms with Crippen molar-refractivity contribution in [2.24, 2.45) is 5.10 Å². The molecule has 172 valence electrons. The third kappa shape index (κ3) is 6.25. The fourth-order valence-electron chi connectivity index (χ4n) is 3.93. The Labute approximate surface area is 211 Å². The van der Waals surface area contributed by atoms with Crippen molar-refractivity contribution in [2.75, 3.05) is 5.75 Å². The van der Waals surface area contributed by atoms with Gasteiger partial charge in [-0.05, 0) is 61.7 Å². The standard InChI is InChI=1S/C24H25BrClN5OS/c1-16(18-6-5-7-19(25)14-18)27-28-22(32)15-33-24-30-29-23(17-10-12-20(26)13-11-17)31(24)21-8-3-2-4-9-21/h5-7,10-14,21H,2-4,8-9,15H2,1H3,(H,28,32)/b27-16+. The Morgan fingerprint density at radius 2 is 1.94 bits per heavy atom. The number of thioether (sulfide) groups is 1. The minimum Gasteiger partial charge on any atom is -0.299 e. The molecule has 33 heavy (non-hydrogen) atoms. The van der Waals surface area contributed by atoms with Gasteiger partial charge in [-0.25, -0.2) is 5.43 Å². The molecule has 9 heteroatoms. The lowest BCUT2D eigenvalue weighted by atomic mass is 9.95. The SMILES string of the molecule is C/C(=N\NC(=O)CSc1nnc(-c2ccc(Cl)cc2)n1C1CCCCC1)c1cccc(Br)c1. The average molecular weight is 547 g/mol. The van der Waals surface area contributed by atoms with Crippen LogP contribution in [-0.4, -0.2) is 32.1 Å². The molecular formula is C24H25BrClN5OS. The number of rotatable bonds is 7. The van der Waals surface area contributed by atoms with E-state index in [0.717, 1.165) is 45.1 Å². The van der Waals surface area contributed by atoms with Crippen molar-refractivity contribution >= 4 is 50.9 Å². The number of hydrazone groups is 1. The molecule has 1 aliphatic carbocycles. The average Bonchev–Trinajstić information content (AvgIpc) is 3.26. The maximum absolute atomic E-state index is 12.5. The topological polar surface area (TPSA) is 72.2 Å². The molecule has 3 aromatic rings. The summed E-state index contributed by atoms with van der Waals surface area (Å²) in [5.74, 6) is 0.853. The normalized spacial score (nSPS) is 14.9. The molecule has 1 aliphatic rings. The molecule has 0 aliphatic heterocycles. The summed E-state index contributed by atoms with van der Waals surface area (Å²) in [5, 5.41) is 14.6. The Balaban J connectivity index is 1.47. The lowest BCUT2D eigenvalue weighted by molar-refractivity contribution is -0.118. The van der Waals surface area contributed by atoms with Crippen molar-refractivity contribution in [3.05, 3.63) is 63.6 Å². The number of halogens is 2. The maximum Gasteiger partial charge on any atom is 0.250 e. The van der Waals surface area contributed by atoms with Crippen LogP contribution < -0.4 is 5.43 Å². The van der Waals surface area contributed by atoms with Crippen LogP contribution in [0.25, 0.3) is 11.4 Å². The summed E-state index contributed by atoms with van der Waals surface area (Å²) in [4.78, 5) is 12.5. The molecule has 0 saturated heterocycles. The quantitative estimate of drug-likeness (QED) is 0.209. The molecule has 2 aromatic carbocycles. The zero-order valence-corrected chi connectivity index (χ0v) is 21.5. The van der Waals surface area contributed by atoms with E-state index in [1.54, 1.807) is 0 Å². The van der Waals surface area contributed by atoms with Crippen LogP contribution in [0.3, 0.4) is 0 Å². The smallest absolute Gasteiger partial charge is 0.250 e. The van der Waals surface area contributed by atoms with Crippen LogP contribution >= 0.6 is 39.3 Å². The van der Waals surface area contributed by atoms with E-state index in [0.29, 0.717) is 11.1 Å². The van der Waals surface area contributed by atoms with E-state index >= 15 is 0 Å². The third-order valence-electron chi connectivity index (χ3n) is 5.63. The highest BCUT2D eigenvalue weighted by Gasteiger charge is 2.24. The van der Waals surface area contributed by atoms with Crippen molar-refractivity contribution in [1.29, 1.82) is 0 Å². The fourth-order valence-corrected chi connectivity index (χ4v) is 5.25. The first-order valence-corrected chi connectivity index (χ1v) is 13.1. The molecule has 1 heterocycles. The van der Waals surface area contributed by atoms with Crippen molar-refractivity contribution in [3.63, 3.8) is 0 Å². The predicted octanol–water partition coefficient (Wildman–Crippen LogP) is 6.50. The Bertz CT molecular complexity index is 1140. The monoisotopic (exact) mass is 545 g/mol. The van der Waals surface area contributed by atoms with Crippen molar-refractivity contribution in [3.8, 4) is 11.4 Å². The highest BCUT2D eigenvalue weighted by molar-refractivity contribution is 9.10. The molecular weight excluding hydrogens is 522 g/mol. The molecule has 1 N–H and O–H groups in total. The summed E-state index contributed by atoms with van der Waals surface area (Å²) in [6.45, 7) is 1.87. The van der Waals surface area contributed by atoms with Crippen LogP contribution in [0.15, 0.2) is 63.3 Å². The number of aromatic nitrogens is 3. The number of amides is 1. The van der Waals surface area contributed by atoms with E-state index in [1.165, 1.54) is 31.0 Å². The van der Waals surface area contributed by atoms with Crippen molar-refractivity contribution in [1.82, 2.24) is 20.2 Å². The van der Waals surface area contributed by atoms with E-state index in [-0.39, 0.29) is 11.7 Å². The summed E-state index contributed by atoms with van der Waals surface area (Å²) in [7, 11) is 0. The van der Waals surface area contributed by atoms with Gasteiger partial charge in [0.15, 0.2) is 11.0 Å². The van der Waals surface area contributed by atoms with Crippen molar-refractivity contribution < 1.29 is 4.79 Å². The largest absolute Gasteiger partial charge is 0.299 e. The maximum atomic E-state index is 12.5. The minimum atomic E-state index is -0.180. The van der Waals surface area contributed by atoms with E-state index in [4.69, 9.17) is 11.6 Å². The van der Waals surface area contributed by atoms with Crippen LogP contribution in [0.1, 0.15) is 50.6 Å². The van der Waals surface area contributed by atoms with Gasteiger partial charge in [0.25, 0.3) is 5.91 Å². The zero-order valence-electron chi connectivity index (χ0n) is 18.3. The van der Waals surface area contributed by atoms with Crippen LogP contribution in [0, 0.1) is 0 Å². The van der Waals surface area contributed by atoms with Gasteiger partial charge in [0.1, 0.15) is 0 Å². The molecule has 1 saturated carbocycles. The molecule has 0 bridgehead atoms. The van der Waals surface area contributed by atoms with Gasteiger partial charge in [-0.3, -0.25) is 9.36 Å². The zero-order chi connectivity index (χ0) is 23.2. The summed E-state index contributed by atoms with van der Waals surface area (Å²) < 4.78 is 3.17. The lowest BCUT2D eigenvalue weighted by Gasteiger charge is -2.25. The first kappa shape index (κ1) is 24.0. The minimum absolute atomic E-state index is 0.180. The van der Waals surface area contributed by atoms with Gasteiger partial charge in [0.05, 0.1) is 11.5 Å². The van der Waals surface area contributed by atoms with E-state index < -0.39 is 0 Å². The van der Waals surface area contributed by atoms with E-state index in [2.05, 4.69) is 41.2 Å². The van der Waals surface area contributed by atoms with Gasteiger partial charge in [0, 0.05) is 21.1 Å². The third-order valence-corrected chi connectivity index (χ3v) is 7.32. The van der Waals surface area contributed by atoms with Gasteiger partial charge >= 0.3 is 0 Å². The highest BCUT2D eigenvalue weighted by Crippen LogP contribution is 2.35. The number of hydrogen-bond acceptors (Lipinski definition) is 5. The van der Waals surface area contributed by atoms with Crippen LogP contribution in [0.2, 0.25) is 5.02 Å². The predicted molar refractivity (Wildman–Crippen MR) is 138 cm³/mol. The number of hydrogen-bond donors (Lipinski definition) is 1. The first-order valence-electron chi connectivity index (χ1n) is 10.9. The summed E-state index contributed by atoms with van der Waals surface area (Å²) in [6, 6.07) is 15.8. The van der Waals surface area contributed by atoms with E-state index in [1.807, 2.05) is 55.5 Å². The Kier molecular flexibility index (Phi) is 8.22. The molecule has 1 fully saturated rings. The van der Waals surface area contributed by atoms with Crippen molar-refractivity contribution in [2.45, 2.75) is 50.2 Å². The van der Waals surface area contributed by atoms with Crippen LogP contribution in [0.5, 0.6) is 0 Å². The molecule has 0 radical (unpaired) electrons. The second kappa shape index (κ2) is 11.3. The Hall–Kier alpha value is -2.16. The molecule has 4 rings (SSSR count). The highest BCUT2D eigenvalue weighted by atomic mass is 79.9. The molecule has 1 amide bonds. The van der Waals surface area contributed by atoms with Gasteiger partial charge in [-0.1, -0.05) is 70.7 Å². The number of nitrogens with one attached hydrogen (secondary N) is 1. The summed E-state index contributed by atoms with van der Waals surface area (Å²) >= 11 is 10.9. The summed E-state index contributed by atoms with van der Waals surface area (Å²) in [6.07, 6.45) is 5.83. The second-order valence-corrected chi connectivity index (χ2v) is 10.3. The van der Waals surface area contributed by atoms with Gasteiger partial charge in [-0.2, -0.15) is 5.10 Å². The van der Waals surface area contributed by atoms with E-state index in [9.17, 15) is 4.79 Å². The van der Waals surface area contributed by atoms with Crippen LogP contribution in [-0.2, 0) is 4.79 Å². The molecule has 0 spiro atoms. The Morgan fingerprint density at radius 3 is 2.67 bits per heavy atom. The fraction of sp³-hybridized carbons (Fsp3) is 0.333. The van der Waals surface area contributed by atoms with Gasteiger partial charge < -0.3 is 0 Å². The Morgan fingerprint density at radius 1 is 1.18 bits per heavy atom. The summed E-state index contributed by atoms with van der Waals surface area (Å²) in [5.41, 5.74) is 5.32. The van der Waals surface area contributed by atoms with Gasteiger partial charge in [-0.15, -0.1) is 10.2 Å². The molecule has 1 aromatic heterocycles. The molecule has 6 nitrogen and oxygen atoms in total. The number of carbonyl (C=O) groups is 1. The number of carbonyl (C=O) groups excluding carboxylic acids is 1. The molecule has 0 unspecified atom stereocenters.